The molecule has 4 aliphatic rings. The number of carbonyl (C=O) groups excluding carboxylic acids is 3. The van der Waals surface area contributed by atoms with E-state index in [9.17, 15) is 19.8 Å². The second-order valence-electron chi connectivity index (χ2n) is 21.4. The van der Waals surface area contributed by atoms with Gasteiger partial charge in [0.2, 0.25) is 0 Å². The largest absolute Gasteiger partial charge is 0.459 e. The molecule has 2 bridgehead atoms. The number of aliphatic hydroxyl groups is 2. The first-order valence-corrected chi connectivity index (χ1v) is 27.3. The number of unbranched alkanes of at least 4 members (excludes halogenated alkanes) is 26. The fraction of sp³-hybridized carbons (Fsp3) is 0.907. The third kappa shape index (κ3) is 15.5. The van der Waals surface area contributed by atoms with Crippen LogP contribution in [0.2, 0.25) is 0 Å². The summed E-state index contributed by atoms with van der Waals surface area (Å²) in [6.07, 6.45) is 32.0. The van der Waals surface area contributed by atoms with Gasteiger partial charge in [-0.2, -0.15) is 0 Å². The van der Waals surface area contributed by atoms with Crippen LogP contribution >= 0.6 is 12.0 Å². The Bertz CT molecular complexity index is 1490. The average Bonchev–Trinajstić information content (AvgIpc) is 3.26. The molecule has 11 heteroatoms. The molecule has 1 heterocycles. The van der Waals surface area contributed by atoms with E-state index >= 15 is 4.79 Å². The van der Waals surface area contributed by atoms with Crippen molar-refractivity contribution in [1.82, 2.24) is 0 Å². The number of hydrogen-bond donors (Lipinski definition) is 2. The number of carbonyl (C=O) groups is 3. The number of ketones is 1. The van der Waals surface area contributed by atoms with Crippen molar-refractivity contribution in [1.29, 1.82) is 0 Å². The number of hydrogen-bond acceptors (Lipinski definition) is 10. The summed E-state index contributed by atoms with van der Waals surface area (Å²) in [5.41, 5.74) is -4.95. The molecule has 373 valence electrons. The number of esters is 2. The monoisotopic (exact) mass is 1150 g/mol. The minimum Gasteiger partial charge on any atom is -0.459 e. The Morgan fingerprint density at radius 3 is 1.60 bits per heavy atom. The van der Waals surface area contributed by atoms with E-state index < -0.39 is 64.3 Å². The minimum absolute atomic E-state index is 0. The molecule has 3 aliphatic carbocycles. The maximum Gasteiger partial charge on any atom is 0.306 e. The third-order valence-electron chi connectivity index (χ3n) is 16.5. The maximum absolute atomic E-state index is 15.3. The van der Waals surface area contributed by atoms with Crippen LogP contribution in [0.1, 0.15) is 242 Å². The molecular weight excluding hydrogens is 1050 g/mol. The van der Waals surface area contributed by atoms with Crippen molar-refractivity contribution in [2.75, 3.05) is 12.8 Å². The molecular formula is C54H94AcO9S. The van der Waals surface area contributed by atoms with Gasteiger partial charge >= 0.3 is 11.9 Å². The summed E-state index contributed by atoms with van der Waals surface area (Å²) in [4.78, 5) is 42.0. The van der Waals surface area contributed by atoms with Gasteiger partial charge in [0.25, 0.3) is 0 Å². The first-order valence-electron chi connectivity index (χ1n) is 27.1. The van der Waals surface area contributed by atoms with Crippen LogP contribution in [0.5, 0.6) is 0 Å². The standard InChI is InChI=1S/C54H94O9S.Ac/c1-9-10-11-12-13-14-15-16-17-18-19-20-21-22-23-24-25-26-27-28-29-30-31-32-33-34-35-36-45(56)62-47-46-41(3)43(63-64-8)38-54(59,51(46,5)6)50(61-42(4)55)48-52(7,49(47)57)40(2)37-44-53(48,58)39-60-44;/h40,43-44,47-48,50,58-59H,9-39H2,1-8H3;/t40-,43-,44+,47+,48-,50-,52+,53-,54+;/m0./s1/i8T;. The summed E-state index contributed by atoms with van der Waals surface area (Å²) < 4.78 is 32.0. The third-order valence-corrected chi connectivity index (χ3v) is 16.9. The van der Waals surface area contributed by atoms with Crippen LogP contribution in [-0.2, 0) is 32.8 Å². The Morgan fingerprint density at radius 2 is 1.20 bits per heavy atom. The topological polar surface area (TPSA) is 129 Å². The van der Waals surface area contributed by atoms with Crippen LogP contribution in [0.4, 0.5) is 0 Å². The summed E-state index contributed by atoms with van der Waals surface area (Å²) in [6.45, 7) is 12.6. The number of Topliss-reactive ketones (excluding diaryl/α,β-unsaturated/α-hetero) is 1. The van der Waals surface area contributed by atoms with Crippen molar-refractivity contribution >= 4 is 29.8 Å². The van der Waals surface area contributed by atoms with E-state index in [1.807, 2.05) is 13.8 Å². The van der Waals surface area contributed by atoms with E-state index in [4.69, 9.17) is 19.8 Å². The Labute approximate surface area is 438 Å². The fourth-order valence-corrected chi connectivity index (χ4v) is 12.6. The molecule has 0 aromatic rings. The Morgan fingerprint density at radius 1 is 0.754 bits per heavy atom. The van der Waals surface area contributed by atoms with Crippen LogP contribution in [0.3, 0.4) is 0 Å². The minimum atomic E-state index is -1.85. The molecule has 4 rings (SSSR count). The molecule has 2 N–H and O–H groups in total. The zero-order valence-corrected chi connectivity index (χ0v) is 47.9. The zero-order valence-electron chi connectivity index (χ0n) is 43.3. The average molecular weight is 1150 g/mol. The smallest absolute Gasteiger partial charge is 0.306 e. The van der Waals surface area contributed by atoms with Gasteiger partial charge in [0, 0.05) is 88.2 Å². The number of rotatable bonds is 32. The predicted octanol–water partition coefficient (Wildman–Crippen LogP) is 13.3. The molecule has 0 unspecified atom stereocenters. The second kappa shape index (κ2) is 29.4. The Balaban J connectivity index is 0.0000116. The first-order chi connectivity index (χ1) is 31.1. The van der Waals surface area contributed by atoms with Crippen molar-refractivity contribution in [3.8, 4) is 0 Å². The van der Waals surface area contributed by atoms with Crippen LogP contribution in [-0.4, -0.2) is 76.4 Å². The fourth-order valence-electron chi connectivity index (χ4n) is 12.2. The van der Waals surface area contributed by atoms with Gasteiger partial charge < -0.3 is 28.6 Å². The molecule has 65 heavy (non-hydrogen) atoms. The van der Waals surface area contributed by atoms with Gasteiger partial charge in [-0.05, 0) is 48.9 Å². The summed E-state index contributed by atoms with van der Waals surface area (Å²) in [6, 6.07) is 0. The van der Waals surface area contributed by atoms with Crippen molar-refractivity contribution in [3.05, 3.63) is 11.1 Å². The predicted molar refractivity (Wildman–Crippen MR) is 260 cm³/mol. The molecule has 2 saturated carbocycles. The summed E-state index contributed by atoms with van der Waals surface area (Å²) in [5.74, 6) is -2.92. The normalized spacial score (nSPS) is 30.5. The molecule has 3 fully saturated rings. The molecule has 0 spiro atoms. The van der Waals surface area contributed by atoms with Gasteiger partial charge in [0.15, 0.2) is 11.9 Å². The van der Waals surface area contributed by atoms with E-state index in [1.54, 1.807) is 20.8 Å². The molecule has 9 atom stereocenters. The molecule has 9 nitrogen and oxygen atoms in total. The zero-order chi connectivity index (χ0) is 47.5. The quantitative estimate of drug-likeness (QED) is 0.0291. The Kier molecular flexibility index (Phi) is 26.0. The summed E-state index contributed by atoms with van der Waals surface area (Å²) in [5, 5.41) is 25.4. The molecule has 0 aromatic heterocycles. The van der Waals surface area contributed by atoms with Crippen molar-refractivity contribution in [2.45, 2.75) is 277 Å². The first kappa shape index (κ1) is 57.6. The van der Waals surface area contributed by atoms with E-state index in [0.29, 0.717) is 24.0 Å². The Hall–Kier alpha value is -0.0184. The molecule has 0 amide bonds. The van der Waals surface area contributed by atoms with Gasteiger partial charge in [0.05, 0.1) is 18.8 Å². The van der Waals surface area contributed by atoms with Crippen LogP contribution in [0.25, 0.3) is 0 Å². The van der Waals surface area contributed by atoms with Crippen LogP contribution < -0.4 is 0 Å². The van der Waals surface area contributed by atoms with Crippen molar-refractivity contribution < 1.29 is 88.4 Å². The van der Waals surface area contributed by atoms with E-state index in [1.165, 1.54) is 155 Å². The second-order valence-corrected chi connectivity index (χ2v) is 21.9. The van der Waals surface area contributed by atoms with Gasteiger partial charge in [-0.1, -0.05) is 202 Å². The van der Waals surface area contributed by atoms with Gasteiger partial charge in [-0.15, -0.1) is 0 Å². The van der Waals surface area contributed by atoms with Crippen LogP contribution in [0, 0.1) is 66.7 Å². The SMILES string of the molecule is [3H]CSO[C@H]1C[C@@]2(O)[C@@H](OC(C)=O)[C@@H]3[C@]4(O)CO[C@@H]4C[C@H](C)[C@@]3(C)C(=O)[C@H](OC(=O)CCCCCCCCCCCCCCCCCCCCCCCCCCCCC)C(=C1C)C2(C)C.[Ac]. The summed E-state index contributed by atoms with van der Waals surface area (Å²) >= 11 is 0.916. The van der Waals surface area contributed by atoms with Crippen molar-refractivity contribution in [3.63, 3.8) is 0 Å². The molecule has 0 aromatic carbocycles. The number of ether oxygens (including phenoxy) is 3. The van der Waals surface area contributed by atoms with Crippen LogP contribution in [0.15, 0.2) is 11.1 Å². The molecule has 1 aliphatic heterocycles. The van der Waals surface area contributed by atoms with Crippen molar-refractivity contribution in [2.24, 2.45) is 22.7 Å². The van der Waals surface area contributed by atoms with Gasteiger partial charge in [-0.25, -0.2) is 0 Å². The maximum atomic E-state index is 15.3. The summed E-state index contributed by atoms with van der Waals surface area (Å²) in [7, 11) is 0. The van der Waals surface area contributed by atoms with E-state index in [0.717, 1.165) is 31.3 Å². The van der Waals surface area contributed by atoms with E-state index in [2.05, 4.69) is 6.92 Å². The molecule has 1 radical (unpaired) electrons. The van der Waals surface area contributed by atoms with Gasteiger partial charge in [0.1, 0.15) is 17.3 Å². The van der Waals surface area contributed by atoms with Gasteiger partial charge in [-0.3, -0.25) is 14.4 Å². The molecule has 1 saturated heterocycles. The number of fused-ring (bicyclic) bond motifs is 5. The van der Waals surface area contributed by atoms with E-state index in [-0.39, 0.29) is 81.4 Å².